The first-order chi connectivity index (χ1) is 5.31. The number of carbonyl (C=O) groups is 1. The molecule has 2 nitrogen and oxygen atoms in total. The Kier molecular flexibility index (Phi) is 3.44. The maximum Gasteiger partial charge on any atom is 0.148 e. The maximum atomic E-state index is 11.0. The molecule has 2 aliphatic rings. The third kappa shape index (κ3) is 1.95. The summed E-state index contributed by atoms with van der Waals surface area (Å²) in [7, 11) is 0. The van der Waals surface area contributed by atoms with E-state index in [1.165, 1.54) is 24.3 Å². The van der Waals surface area contributed by atoms with Crippen LogP contribution >= 0.6 is 24.2 Å². The highest BCUT2D eigenvalue weighted by atomic mass is 35.5. The predicted molar refractivity (Wildman–Crippen MR) is 54.2 cm³/mol. The Morgan fingerprint density at radius 1 is 1.33 bits per heavy atom. The molecule has 1 spiro atoms. The van der Waals surface area contributed by atoms with Gasteiger partial charge in [-0.2, -0.15) is 11.8 Å². The second-order valence-electron chi connectivity index (χ2n) is 3.46. The normalized spacial score (nSPS) is 27.2. The Hall–Kier alpha value is 0.270. The number of nitrogens with one attached hydrogen (secondary N) is 1. The highest BCUT2D eigenvalue weighted by molar-refractivity contribution is 7.99. The van der Waals surface area contributed by atoms with Crippen LogP contribution in [0.1, 0.15) is 19.3 Å². The van der Waals surface area contributed by atoms with E-state index in [0.717, 1.165) is 6.42 Å². The molecule has 2 rings (SSSR count). The van der Waals surface area contributed by atoms with Crippen molar-refractivity contribution in [1.29, 1.82) is 0 Å². The fraction of sp³-hybridized carbons (Fsp3) is 0.875. The molecule has 0 unspecified atom stereocenters. The van der Waals surface area contributed by atoms with Crippen molar-refractivity contribution in [1.82, 2.24) is 5.32 Å². The zero-order valence-corrected chi connectivity index (χ0v) is 8.60. The van der Waals surface area contributed by atoms with Gasteiger partial charge in [0.05, 0.1) is 6.54 Å². The summed E-state index contributed by atoms with van der Waals surface area (Å²) in [4.78, 5) is 11.0. The average molecular weight is 208 g/mol. The number of carbonyl (C=O) groups excluding carboxylic acids is 1. The summed E-state index contributed by atoms with van der Waals surface area (Å²) < 4.78 is 0. The second-order valence-corrected chi connectivity index (χ2v) is 4.69. The summed E-state index contributed by atoms with van der Waals surface area (Å²) in [6.45, 7) is 0.616. The molecule has 0 aromatic carbocycles. The molecule has 0 atom stereocenters. The third-order valence-corrected chi connectivity index (χ3v) is 3.63. The van der Waals surface area contributed by atoms with E-state index < -0.39 is 0 Å². The summed E-state index contributed by atoms with van der Waals surface area (Å²) in [6, 6.07) is 0. The molecule has 70 valence electrons. The van der Waals surface area contributed by atoms with Crippen LogP contribution in [0.3, 0.4) is 0 Å². The van der Waals surface area contributed by atoms with Gasteiger partial charge < -0.3 is 5.32 Å². The number of halogens is 1. The standard InChI is InChI=1S/C8H13NOS.ClH/c10-7-5-8(9-6-7)1-3-11-4-2-8;/h9H,1-6H2;1H. The van der Waals surface area contributed by atoms with Crippen molar-refractivity contribution in [2.24, 2.45) is 0 Å². The van der Waals surface area contributed by atoms with Crippen molar-refractivity contribution < 1.29 is 4.79 Å². The third-order valence-electron chi connectivity index (χ3n) is 2.65. The lowest BCUT2D eigenvalue weighted by Crippen LogP contribution is -2.42. The fourth-order valence-corrected chi connectivity index (χ4v) is 3.18. The van der Waals surface area contributed by atoms with Crippen LogP contribution in [-0.4, -0.2) is 29.4 Å². The number of rotatable bonds is 0. The Morgan fingerprint density at radius 2 is 2.00 bits per heavy atom. The van der Waals surface area contributed by atoms with E-state index in [1.807, 2.05) is 11.8 Å². The average Bonchev–Trinajstić information content (AvgIpc) is 2.34. The second kappa shape index (κ2) is 3.99. The van der Waals surface area contributed by atoms with Gasteiger partial charge in [0, 0.05) is 12.0 Å². The summed E-state index contributed by atoms with van der Waals surface area (Å²) in [5.41, 5.74) is 0.225. The molecule has 0 amide bonds. The van der Waals surface area contributed by atoms with Gasteiger partial charge in [0.1, 0.15) is 5.78 Å². The molecule has 0 aromatic rings. The Bertz CT molecular complexity index is 180. The number of Topliss-reactive ketones (excluding diaryl/α,β-unsaturated/α-hetero) is 1. The van der Waals surface area contributed by atoms with Gasteiger partial charge in [0.15, 0.2) is 0 Å². The molecule has 2 fully saturated rings. The van der Waals surface area contributed by atoms with E-state index in [1.54, 1.807) is 0 Å². The van der Waals surface area contributed by atoms with Gasteiger partial charge in [0.25, 0.3) is 0 Å². The Morgan fingerprint density at radius 3 is 2.50 bits per heavy atom. The summed E-state index contributed by atoms with van der Waals surface area (Å²) >= 11 is 2.01. The molecular formula is C8H14ClNOS. The van der Waals surface area contributed by atoms with Gasteiger partial charge >= 0.3 is 0 Å². The van der Waals surface area contributed by atoms with Gasteiger partial charge in [0.2, 0.25) is 0 Å². The van der Waals surface area contributed by atoms with Gasteiger partial charge in [-0.1, -0.05) is 0 Å². The quantitative estimate of drug-likeness (QED) is 0.648. The van der Waals surface area contributed by atoms with E-state index in [0.29, 0.717) is 12.3 Å². The number of thioether (sulfide) groups is 1. The van der Waals surface area contributed by atoms with Gasteiger partial charge in [-0.3, -0.25) is 4.79 Å². The molecule has 0 radical (unpaired) electrons. The first kappa shape index (κ1) is 10.4. The van der Waals surface area contributed by atoms with Crippen molar-refractivity contribution in [2.45, 2.75) is 24.8 Å². The smallest absolute Gasteiger partial charge is 0.148 e. The zero-order valence-electron chi connectivity index (χ0n) is 6.97. The maximum absolute atomic E-state index is 11.0. The van der Waals surface area contributed by atoms with Crippen molar-refractivity contribution >= 4 is 30.0 Å². The van der Waals surface area contributed by atoms with Crippen LogP contribution in [0.5, 0.6) is 0 Å². The number of ketones is 1. The van der Waals surface area contributed by atoms with Gasteiger partial charge in [-0.25, -0.2) is 0 Å². The van der Waals surface area contributed by atoms with Crippen LogP contribution in [0.4, 0.5) is 0 Å². The van der Waals surface area contributed by atoms with Crippen molar-refractivity contribution in [3.8, 4) is 0 Å². The Labute approximate surface area is 83.3 Å². The minimum atomic E-state index is 0. The Balaban J connectivity index is 0.000000720. The molecule has 2 heterocycles. The van der Waals surface area contributed by atoms with E-state index in [9.17, 15) is 4.79 Å². The van der Waals surface area contributed by atoms with Crippen LogP contribution in [-0.2, 0) is 4.79 Å². The van der Waals surface area contributed by atoms with Gasteiger partial charge in [-0.05, 0) is 24.3 Å². The monoisotopic (exact) mass is 207 g/mol. The molecule has 0 bridgehead atoms. The van der Waals surface area contributed by atoms with E-state index >= 15 is 0 Å². The van der Waals surface area contributed by atoms with Crippen molar-refractivity contribution in [3.63, 3.8) is 0 Å². The van der Waals surface area contributed by atoms with Crippen LogP contribution < -0.4 is 5.32 Å². The fourth-order valence-electron chi connectivity index (χ4n) is 1.90. The molecule has 0 aliphatic carbocycles. The minimum Gasteiger partial charge on any atom is -0.304 e. The highest BCUT2D eigenvalue weighted by Gasteiger charge is 2.38. The van der Waals surface area contributed by atoms with E-state index in [4.69, 9.17) is 0 Å². The molecule has 1 N–H and O–H groups in total. The summed E-state index contributed by atoms with van der Waals surface area (Å²) in [5.74, 6) is 2.84. The van der Waals surface area contributed by atoms with Crippen LogP contribution in [0, 0.1) is 0 Å². The lowest BCUT2D eigenvalue weighted by atomic mass is 9.90. The van der Waals surface area contributed by atoms with Crippen LogP contribution in [0.2, 0.25) is 0 Å². The first-order valence-electron chi connectivity index (χ1n) is 4.15. The molecular weight excluding hydrogens is 194 g/mol. The van der Waals surface area contributed by atoms with Crippen LogP contribution in [0.25, 0.3) is 0 Å². The number of hydrogen-bond donors (Lipinski definition) is 1. The zero-order chi connectivity index (χ0) is 7.73. The highest BCUT2D eigenvalue weighted by Crippen LogP contribution is 2.32. The number of hydrogen-bond acceptors (Lipinski definition) is 3. The lowest BCUT2D eigenvalue weighted by Gasteiger charge is -2.32. The van der Waals surface area contributed by atoms with Crippen molar-refractivity contribution in [2.75, 3.05) is 18.1 Å². The largest absolute Gasteiger partial charge is 0.304 e. The van der Waals surface area contributed by atoms with E-state index in [-0.39, 0.29) is 17.9 Å². The minimum absolute atomic E-state index is 0. The van der Waals surface area contributed by atoms with E-state index in [2.05, 4.69) is 5.32 Å². The summed E-state index contributed by atoms with van der Waals surface area (Å²) in [6.07, 6.45) is 3.15. The first-order valence-corrected chi connectivity index (χ1v) is 5.31. The predicted octanol–water partition coefficient (Wildman–Crippen LogP) is 1.24. The molecule has 0 saturated carbocycles. The molecule has 2 saturated heterocycles. The SMILES string of the molecule is Cl.O=C1CNC2(CCSCC2)C1. The molecule has 2 aliphatic heterocycles. The lowest BCUT2D eigenvalue weighted by molar-refractivity contribution is -0.116. The van der Waals surface area contributed by atoms with Gasteiger partial charge in [-0.15, -0.1) is 12.4 Å². The molecule has 12 heavy (non-hydrogen) atoms. The summed E-state index contributed by atoms with van der Waals surface area (Å²) in [5, 5.41) is 3.36. The van der Waals surface area contributed by atoms with Crippen LogP contribution in [0.15, 0.2) is 0 Å². The topological polar surface area (TPSA) is 29.1 Å². The van der Waals surface area contributed by atoms with Crippen molar-refractivity contribution in [3.05, 3.63) is 0 Å². The molecule has 0 aromatic heterocycles. The molecule has 4 heteroatoms.